The van der Waals surface area contributed by atoms with Crippen molar-refractivity contribution in [2.45, 2.75) is 20.3 Å². The zero-order chi connectivity index (χ0) is 14.3. The summed E-state index contributed by atoms with van der Waals surface area (Å²) in [6.45, 7) is 5.34. The smallest absolute Gasteiger partial charge is 0.239 e. The molecule has 0 aromatic carbocycles. The van der Waals surface area contributed by atoms with Crippen LogP contribution in [0.5, 0.6) is 5.88 Å². The Hall–Kier alpha value is -1.98. The number of nitrogens with one attached hydrogen (secondary N) is 1. The molecule has 0 fully saturated rings. The van der Waals surface area contributed by atoms with E-state index in [1.54, 1.807) is 24.1 Å². The number of nitrogens with two attached hydrogens (primary N) is 1. The van der Waals surface area contributed by atoms with Crippen LogP contribution in [0.25, 0.3) is 0 Å². The van der Waals surface area contributed by atoms with Crippen molar-refractivity contribution in [2.75, 3.05) is 37.4 Å². The van der Waals surface area contributed by atoms with Crippen molar-refractivity contribution >= 4 is 17.4 Å². The highest BCUT2D eigenvalue weighted by Crippen LogP contribution is 2.22. The number of hydrogen-bond donors (Lipinski definition) is 2. The van der Waals surface area contributed by atoms with Crippen LogP contribution in [0.1, 0.15) is 20.3 Å². The van der Waals surface area contributed by atoms with Crippen molar-refractivity contribution in [3.63, 3.8) is 0 Å². The van der Waals surface area contributed by atoms with E-state index >= 15 is 0 Å². The van der Waals surface area contributed by atoms with Crippen molar-refractivity contribution in [2.24, 2.45) is 0 Å². The van der Waals surface area contributed by atoms with Gasteiger partial charge in [0.15, 0.2) is 0 Å². The molecule has 0 saturated carbocycles. The van der Waals surface area contributed by atoms with Crippen LogP contribution in [0, 0.1) is 0 Å². The second-order valence-corrected chi connectivity index (χ2v) is 4.22. The highest BCUT2D eigenvalue weighted by molar-refractivity contribution is 5.80. The van der Waals surface area contributed by atoms with Crippen LogP contribution < -0.4 is 20.7 Å². The van der Waals surface area contributed by atoms with Gasteiger partial charge < -0.3 is 20.7 Å². The average molecular weight is 266 g/mol. The van der Waals surface area contributed by atoms with Gasteiger partial charge in [-0.3, -0.25) is 4.79 Å². The molecule has 19 heavy (non-hydrogen) atoms. The number of likely N-dealkylation sites (N-methyl/N-ethyl adjacent to an activating group) is 2. The summed E-state index contributed by atoms with van der Waals surface area (Å²) >= 11 is 0. The maximum Gasteiger partial charge on any atom is 0.239 e. The predicted octanol–water partition coefficient (Wildman–Crippen LogP) is 1.02. The molecule has 0 spiro atoms. The van der Waals surface area contributed by atoms with Crippen LogP contribution in [0.2, 0.25) is 0 Å². The number of ether oxygens (including phenoxy) is 1. The van der Waals surface area contributed by atoms with E-state index < -0.39 is 0 Å². The molecule has 1 aromatic heterocycles. The van der Waals surface area contributed by atoms with Crippen LogP contribution in [-0.4, -0.2) is 37.6 Å². The fourth-order valence-corrected chi connectivity index (χ4v) is 1.52. The second-order valence-electron chi connectivity index (χ2n) is 4.22. The summed E-state index contributed by atoms with van der Waals surface area (Å²) in [4.78, 5) is 17.6. The zero-order valence-corrected chi connectivity index (χ0v) is 11.8. The Kier molecular flexibility index (Phi) is 5.92. The van der Waals surface area contributed by atoms with E-state index in [1.165, 1.54) is 0 Å². The van der Waals surface area contributed by atoms with Crippen LogP contribution in [0.4, 0.5) is 11.5 Å². The van der Waals surface area contributed by atoms with E-state index in [0.29, 0.717) is 30.5 Å². The maximum atomic E-state index is 11.5. The largest absolute Gasteiger partial charge is 0.476 e. The lowest BCUT2D eigenvalue weighted by Crippen LogP contribution is -2.35. The molecule has 0 unspecified atom stereocenters. The van der Waals surface area contributed by atoms with Gasteiger partial charge in [-0.05, 0) is 25.5 Å². The number of pyridine rings is 1. The van der Waals surface area contributed by atoms with E-state index in [9.17, 15) is 4.79 Å². The first-order valence-electron chi connectivity index (χ1n) is 6.45. The molecule has 1 aromatic rings. The fourth-order valence-electron chi connectivity index (χ4n) is 1.52. The molecule has 0 aliphatic carbocycles. The predicted molar refractivity (Wildman–Crippen MR) is 76.4 cm³/mol. The fraction of sp³-hybridized carbons (Fsp3) is 0.538. The van der Waals surface area contributed by atoms with Gasteiger partial charge in [-0.1, -0.05) is 6.92 Å². The summed E-state index contributed by atoms with van der Waals surface area (Å²) in [7, 11) is 1.80. The van der Waals surface area contributed by atoms with E-state index in [0.717, 1.165) is 6.42 Å². The van der Waals surface area contributed by atoms with Crippen LogP contribution in [0.3, 0.4) is 0 Å². The Morgan fingerprint density at radius 3 is 2.84 bits per heavy atom. The van der Waals surface area contributed by atoms with Gasteiger partial charge in [0.25, 0.3) is 0 Å². The van der Waals surface area contributed by atoms with E-state index in [-0.39, 0.29) is 12.5 Å². The first kappa shape index (κ1) is 15.1. The lowest BCUT2D eigenvalue weighted by Gasteiger charge is -2.18. The minimum atomic E-state index is -0.0420. The Labute approximate surface area is 113 Å². The van der Waals surface area contributed by atoms with Crippen molar-refractivity contribution in [1.29, 1.82) is 0 Å². The van der Waals surface area contributed by atoms with E-state index in [4.69, 9.17) is 10.5 Å². The van der Waals surface area contributed by atoms with Gasteiger partial charge in [0.1, 0.15) is 5.82 Å². The molecule has 0 radical (unpaired) electrons. The van der Waals surface area contributed by atoms with Crippen molar-refractivity contribution in [1.82, 2.24) is 10.3 Å². The Balaban J connectivity index is 2.74. The average Bonchev–Trinajstić information content (AvgIpc) is 2.37. The molecular formula is C13H22N4O2. The number of carbonyl (C=O) groups excluding carboxylic acids is 1. The molecule has 0 aliphatic heterocycles. The number of carbonyl (C=O) groups is 1. The number of nitrogens with zero attached hydrogens (tertiary/aromatic N) is 2. The molecule has 1 amide bonds. The van der Waals surface area contributed by atoms with Crippen molar-refractivity contribution < 1.29 is 9.53 Å². The third-order valence-electron chi connectivity index (χ3n) is 2.46. The van der Waals surface area contributed by atoms with Gasteiger partial charge in [0.2, 0.25) is 11.8 Å². The molecule has 1 heterocycles. The highest BCUT2D eigenvalue weighted by Gasteiger charge is 2.10. The summed E-state index contributed by atoms with van der Waals surface area (Å²) in [6.07, 6.45) is 0.889. The monoisotopic (exact) mass is 266 g/mol. The minimum absolute atomic E-state index is 0.0420. The molecule has 1 rings (SSSR count). The summed E-state index contributed by atoms with van der Waals surface area (Å²) < 4.78 is 5.47. The Morgan fingerprint density at radius 1 is 1.47 bits per heavy atom. The standard InChI is InChI=1S/C13H22N4O2/c1-4-8-19-13-10(14)6-7-11(16-13)17(3)9-12(18)15-5-2/h6-7H,4-5,8-9,14H2,1-3H3,(H,15,18). The van der Waals surface area contributed by atoms with Gasteiger partial charge in [-0.2, -0.15) is 4.98 Å². The molecule has 106 valence electrons. The number of nitrogen functional groups attached to an aromatic ring is 1. The first-order chi connectivity index (χ1) is 9.08. The molecular weight excluding hydrogens is 244 g/mol. The quantitative estimate of drug-likeness (QED) is 0.770. The Bertz CT molecular complexity index is 423. The summed E-state index contributed by atoms with van der Waals surface area (Å²) in [5.41, 5.74) is 6.30. The summed E-state index contributed by atoms with van der Waals surface area (Å²) in [5, 5.41) is 2.74. The minimum Gasteiger partial charge on any atom is -0.476 e. The van der Waals surface area contributed by atoms with Crippen molar-refractivity contribution in [3.8, 4) is 5.88 Å². The molecule has 6 heteroatoms. The highest BCUT2D eigenvalue weighted by atomic mass is 16.5. The molecule has 0 saturated heterocycles. The van der Waals surface area contributed by atoms with Crippen molar-refractivity contribution in [3.05, 3.63) is 12.1 Å². The number of amides is 1. The van der Waals surface area contributed by atoms with Gasteiger partial charge in [-0.25, -0.2) is 0 Å². The summed E-state index contributed by atoms with van der Waals surface area (Å²) in [6, 6.07) is 3.51. The summed E-state index contributed by atoms with van der Waals surface area (Å²) in [5.74, 6) is 1.04. The first-order valence-corrected chi connectivity index (χ1v) is 6.45. The molecule has 0 aliphatic rings. The van der Waals surface area contributed by atoms with Crippen LogP contribution in [0.15, 0.2) is 12.1 Å². The molecule has 0 atom stereocenters. The van der Waals surface area contributed by atoms with E-state index in [2.05, 4.69) is 10.3 Å². The van der Waals surface area contributed by atoms with Crippen LogP contribution >= 0.6 is 0 Å². The molecule has 0 bridgehead atoms. The maximum absolute atomic E-state index is 11.5. The van der Waals surface area contributed by atoms with Crippen LogP contribution in [-0.2, 0) is 4.79 Å². The van der Waals surface area contributed by atoms with Gasteiger partial charge in [0, 0.05) is 13.6 Å². The second kappa shape index (κ2) is 7.45. The van der Waals surface area contributed by atoms with Gasteiger partial charge in [0.05, 0.1) is 18.8 Å². The topological polar surface area (TPSA) is 80.5 Å². The zero-order valence-electron chi connectivity index (χ0n) is 11.8. The third kappa shape index (κ3) is 4.65. The number of aromatic nitrogens is 1. The lowest BCUT2D eigenvalue weighted by molar-refractivity contribution is -0.119. The number of rotatable bonds is 7. The molecule has 6 nitrogen and oxygen atoms in total. The van der Waals surface area contributed by atoms with E-state index in [1.807, 2.05) is 13.8 Å². The SMILES string of the molecule is CCCOc1nc(N(C)CC(=O)NCC)ccc1N. The number of anilines is 2. The molecule has 3 N–H and O–H groups in total. The van der Waals surface area contributed by atoms with Gasteiger partial charge >= 0.3 is 0 Å². The van der Waals surface area contributed by atoms with Gasteiger partial charge in [-0.15, -0.1) is 0 Å². The third-order valence-corrected chi connectivity index (χ3v) is 2.46. The number of hydrogen-bond acceptors (Lipinski definition) is 5. The normalized spacial score (nSPS) is 10.1. The lowest BCUT2D eigenvalue weighted by atomic mass is 10.3. The Morgan fingerprint density at radius 2 is 2.21 bits per heavy atom.